The highest BCUT2D eigenvalue weighted by molar-refractivity contribution is 5.74. The number of hydrogen-bond acceptors (Lipinski definition) is 1. The Labute approximate surface area is 159 Å². The van der Waals surface area contributed by atoms with E-state index in [9.17, 15) is 0 Å². The molecule has 5 atom stereocenters. The van der Waals surface area contributed by atoms with Crippen molar-refractivity contribution in [1.29, 1.82) is 0 Å². The van der Waals surface area contributed by atoms with E-state index in [1.54, 1.807) is 12.7 Å². The van der Waals surface area contributed by atoms with Gasteiger partial charge in [-0.3, -0.25) is 0 Å². The van der Waals surface area contributed by atoms with E-state index in [0.717, 1.165) is 23.5 Å². The molecule has 0 saturated heterocycles. The maximum atomic E-state index is 5.47. The van der Waals surface area contributed by atoms with Crippen molar-refractivity contribution in [3.05, 3.63) is 35.4 Å². The Morgan fingerprint density at radius 3 is 2.73 bits per heavy atom. The van der Waals surface area contributed by atoms with Gasteiger partial charge in [0.2, 0.25) is 0 Å². The van der Waals surface area contributed by atoms with Gasteiger partial charge >= 0.3 is 0 Å². The van der Waals surface area contributed by atoms with Gasteiger partial charge in [0.25, 0.3) is 0 Å². The Morgan fingerprint density at radius 2 is 1.88 bits per heavy atom. The molecule has 5 rings (SSSR count). The topological polar surface area (TPSA) is 9.23 Å². The van der Waals surface area contributed by atoms with Gasteiger partial charge in [-0.05, 0) is 102 Å². The fraction of sp³-hybridized carbons (Fsp3) is 0.680. The van der Waals surface area contributed by atoms with E-state index in [2.05, 4.69) is 38.1 Å². The number of benzene rings is 1. The van der Waals surface area contributed by atoms with Crippen molar-refractivity contribution in [2.45, 2.75) is 71.6 Å². The van der Waals surface area contributed by atoms with Crippen LogP contribution < -0.4 is 4.74 Å². The molecule has 0 N–H and O–H groups in total. The maximum Gasteiger partial charge on any atom is 0.119 e. The average Bonchev–Trinajstić information content (AvgIpc) is 2.66. The first-order valence-corrected chi connectivity index (χ1v) is 10.9. The summed E-state index contributed by atoms with van der Waals surface area (Å²) in [6.07, 6.45) is 15.3. The molecule has 1 aromatic rings. The molecule has 26 heavy (non-hydrogen) atoms. The summed E-state index contributed by atoms with van der Waals surface area (Å²) in [6, 6.07) is 6.78. The zero-order valence-corrected chi connectivity index (χ0v) is 16.8. The highest BCUT2D eigenvalue weighted by Crippen LogP contribution is 2.67. The van der Waals surface area contributed by atoms with Gasteiger partial charge in [0.1, 0.15) is 5.75 Å². The Morgan fingerprint density at radius 1 is 1.00 bits per heavy atom. The van der Waals surface area contributed by atoms with Crippen LogP contribution in [0.25, 0.3) is 5.57 Å². The first-order chi connectivity index (χ1) is 12.6. The molecule has 1 aromatic carbocycles. The van der Waals surface area contributed by atoms with Crippen molar-refractivity contribution in [2.24, 2.45) is 28.6 Å². The minimum Gasteiger partial charge on any atom is -0.497 e. The van der Waals surface area contributed by atoms with Crippen LogP contribution in [-0.2, 0) is 6.42 Å². The second-order valence-electron chi connectivity index (χ2n) is 10.1. The molecule has 0 spiro atoms. The third-order valence-corrected chi connectivity index (χ3v) is 9.14. The van der Waals surface area contributed by atoms with E-state index in [4.69, 9.17) is 4.74 Å². The van der Waals surface area contributed by atoms with E-state index in [1.807, 2.05) is 0 Å². The summed E-state index contributed by atoms with van der Waals surface area (Å²) in [6.45, 7) is 5.33. The molecule has 140 valence electrons. The number of methoxy groups -OCH3 is 1. The number of rotatable bonds is 1. The summed E-state index contributed by atoms with van der Waals surface area (Å²) in [5.74, 6) is 3.66. The van der Waals surface area contributed by atoms with Gasteiger partial charge in [0.15, 0.2) is 0 Å². The summed E-state index contributed by atoms with van der Waals surface area (Å²) in [7, 11) is 1.78. The highest BCUT2D eigenvalue weighted by atomic mass is 16.5. The molecular weight excluding hydrogens is 316 g/mol. The molecule has 1 heteroatoms. The first-order valence-electron chi connectivity index (χ1n) is 10.9. The third kappa shape index (κ3) is 2.21. The van der Waals surface area contributed by atoms with Crippen LogP contribution >= 0.6 is 0 Å². The molecule has 0 aliphatic heterocycles. The molecular formula is C25H34O. The molecule has 0 heterocycles. The van der Waals surface area contributed by atoms with Gasteiger partial charge in [-0.2, -0.15) is 0 Å². The Kier molecular flexibility index (Phi) is 3.82. The number of allylic oxidation sites excluding steroid dienone is 2. The number of fused-ring (bicyclic) bond motifs is 7. The summed E-state index contributed by atoms with van der Waals surface area (Å²) in [5, 5.41) is 0. The van der Waals surface area contributed by atoms with Crippen molar-refractivity contribution in [3.8, 4) is 5.75 Å². The number of ether oxygens (including phenoxy) is 1. The van der Waals surface area contributed by atoms with E-state index in [0.29, 0.717) is 10.8 Å². The van der Waals surface area contributed by atoms with Crippen LogP contribution in [0.4, 0.5) is 0 Å². The molecule has 0 unspecified atom stereocenters. The van der Waals surface area contributed by atoms with Gasteiger partial charge in [-0.25, -0.2) is 0 Å². The standard InChI is InChI=1S/C25H34O/c1-24-14-5-4-6-18(24)13-15-25(2)22-11-7-17-16-19(26-3)8-9-20(17)21(22)10-12-23(24)25/h8-10,16,18,22-23H,4-7,11-15H2,1-3H3/t18-,22-,23-,24+,25+/m1/s1. The number of hydrogen-bond donors (Lipinski definition) is 0. The monoisotopic (exact) mass is 350 g/mol. The van der Waals surface area contributed by atoms with Crippen molar-refractivity contribution in [1.82, 2.24) is 0 Å². The largest absolute Gasteiger partial charge is 0.497 e. The van der Waals surface area contributed by atoms with Gasteiger partial charge in [0, 0.05) is 0 Å². The summed E-state index contributed by atoms with van der Waals surface area (Å²) < 4.78 is 5.47. The lowest BCUT2D eigenvalue weighted by molar-refractivity contribution is -0.101. The fourth-order valence-corrected chi connectivity index (χ4v) is 7.74. The van der Waals surface area contributed by atoms with Crippen molar-refractivity contribution in [2.75, 3.05) is 7.11 Å². The van der Waals surface area contributed by atoms with Crippen LogP contribution in [-0.4, -0.2) is 7.11 Å². The molecule has 2 saturated carbocycles. The Bertz CT molecular complexity index is 747. The van der Waals surface area contributed by atoms with E-state index < -0.39 is 0 Å². The SMILES string of the molecule is COc1ccc2c(c1)CC[C@@H]1C2=CC[C@@H]2[C@@]3(C)CCCC[C@@H]3CC[C@]21C. The van der Waals surface area contributed by atoms with Gasteiger partial charge < -0.3 is 4.74 Å². The predicted octanol–water partition coefficient (Wildman–Crippen LogP) is 6.66. The second-order valence-corrected chi connectivity index (χ2v) is 10.1. The Balaban J connectivity index is 1.56. The molecule has 0 radical (unpaired) electrons. The van der Waals surface area contributed by atoms with Crippen LogP contribution in [0.5, 0.6) is 5.75 Å². The minimum atomic E-state index is 0.504. The molecule has 4 aliphatic carbocycles. The highest BCUT2D eigenvalue weighted by Gasteiger charge is 2.58. The number of aryl methyl sites for hydroxylation is 1. The van der Waals surface area contributed by atoms with Crippen LogP contribution in [0.1, 0.15) is 76.3 Å². The van der Waals surface area contributed by atoms with Crippen LogP contribution in [0.2, 0.25) is 0 Å². The fourth-order valence-electron chi connectivity index (χ4n) is 7.74. The van der Waals surface area contributed by atoms with Crippen LogP contribution in [0, 0.1) is 28.6 Å². The molecule has 1 nitrogen and oxygen atoms in total. The zero-order chi connectivity index (χ0) is 17.9. The van der Waals surface area contributed by atoms with Gasteiger partial charge in [0.05, 0.1) is 7.11 Å². The molecule has 0 amide bonds. The normalized spacial score (nSPS) is 41.2. The van der Waals surface area contributed by atoms with Crippen molar-refractivity contribution >= 4 is 5.57 Å². The quantitative estimate of drug-likeness (QED) is 0.550. The van der Waals surface area contributed by atoms with E-state index in [1.165, 1.54) is 68.9 Å². The van der Waals surface area contributed by atoms with Crippen LogP contribution in [0.15, 0.2) is 24.3 Å². The van der Waals surface area contributed by atoms with Gasteiger partial charge in [-0.1, -0.05) is 38.8 Å². The minimum absolute atomic E-state index is 0.504. The zero-order valence-electron chi connectivity index (χ0n) is 16.8. The van der Waals surface area contributed by atoms with Crippen molar-refractivity contribution < 1.29 is 4.74 Å². The molecule has 2 fully saturated rings. The van der Waals surface area contributed by atoms with Gasteiger partial charge in [-0.15, -0.1) is 0 Å². The summed E-state index contributed by atoms with van der Waals surface area (Å²) in [4.78, 5) is 0. The lowest BCUT2D eigenvalue weighted by atomic mass is 9.42. The summed E-state index contributed by atoms with van der Waals surface area (Å²) >= 11 is 0. The molecule has 0 aromatic heterocycles. The average molecular weight is 351 g/mol. The van der Waals surface area contributed by atoms with Crippen LogP contribution in [0.3, 0.4) is 0 Å². The molecule has 0 bridgehead atoms. The summed E-state index contributed by atoms with van der Waals surface area (Å²) in [5.41, 5.74) is 5.80. The van der Waals surface area contributed by atoms with E-state index in [-0.39, 0.29) is 0 Å². The van der Waals surface area contributed by atoms with E-state index >= 15 is 0 Å². The predicted molar refractivity (Wildman–Crippen MR) is 108 cm³/mol. The maximum absolute atomic E-state index is 5.47. The third-order valence-electron chi connectivity index (χ3n) is 9.14. The smallest absolute Gasteiger partial charge is 0.119 e. The lowest BCUT2D eigenvalue weighted by Crippen LogP contribution is -2.54. The second kappa shape index (κ2) is 5.88. The first kappa shape index (κ1) is 16.9. The lowest BCUT2D eigenvalue weighted by Gasteiger charge is -2.63. The molecule has 4 aliphatic rings. The Hall–Kier alpha value is -1.24. The van der Waals surface area contributed by atoms with Crippen molar-refractivity contribution in [3.63, 3.8) is 0 Å².